The molecule has 0 aliphatic carbocycles. The summed E-state index contributed by atoms with van der Waals surface area (Å²) < 4.78 is 1.56. The van der Waals surface area contributed by atoms with E-state index >= 15 is 0 Å². The van der Waals surface area contributed by atoms with Gasteiger partial charge < -0.3 is 9.88 Å². The summed E-state index contributed by atoms with van der Waals surface area (Å²) in [6.07, 6.45) is 2.57. The van der Waals surface area contributed by atoms with Crippen molar-refractivity contribution >= 4 is 11.6 Å². The van der Waals surface area contributed by atoms with E-state index < -0.39 is 0 Å². The van der Waals surface area contributed by atoms with Crippen LogP contribution in [0.2, 0.25) is 0 Å². The van der Waals surface area contributed by atoms with Crippen molar-refractivity contribution < 1.29 is 4.79 Å². The van der Waals surface area contributed by atoms with E-state index in [1.165, 1.54) is 11.6 Å². The monoisotopic (exact) mass is 346 g/mol. The van der Waals surface area contributed by atoms with Crippen molar-refractivity contribution in [1.82, 2.24) is 4.57 Å². The molecule has 132 valence electrons. The Morgan fingerprint density at radius 3 is 2.46 bits per heavy atom. The van der Waals surface area contributed by atoms with E-state index in [4.69, 9.17) is 0 Å². The number of anilines is 1. The van der Waals surface area contributed by atoms with Crippen LogP contribution in [0.3, 0.4) is 0 Å². The molecule has 0 atom stereocenters. The number of amides is 1. The molecule has 0 unspecified atom stereocenters. The Labute approximate surface area is 153 Å². The fourth-order valence-electron chi connectivity index (χ4n) is 2.82. The van der Waals surface area contributed by atoms with Gasteiger partial charge in [-0.25, -0.2) is 0 Å². The molecule has 2 aromatic carbocycles. The Hall–Kier alpha value is -3.14. The lowest BCUT2D eigenvalue weighted by molar-refractivity contribution is 0.102. The minimum absolute atomic E-state index is 0.129. The number of nitrogens with zero attached hydrogens (tertiary/aromatic N) is 1. The second kappa shape index (κ2) is 7.83. The Bertz CT molecular complexity index is 972. The standard InChI is InChI=1S/C22H22N2O2/c1-3-17-7-10-20(11-8-17)23-22(26)19-9-12-21(25)24(15-19)14-18-6-4-5-16(2)13-18/h4-13,15H,3,14H2,1-2H3,(H,23,26). The second-order valence-corrected chi connectivity index (χ2v) is 6.38. The average Bonchev–Trinajstić information content (AvgIpc) is 2.64. The molecular formula is C22H22N2O2. The van der Waals surface area contributed by atoms with Crippen LogP contribution in [0, 0.1) is 6.92 Å². The number of benzene rings is 2. The SMILES string of the molecule is CCc1ccc(NC(=O)c2ccc(=O)n(Cc3cccc(C)c3)c2)cc1. The van der Waals surface area contributed by atoms with Crippen LogP contribution in [0.5, 0.6) is 0 Å². The van der Waals surface area contributed by atoms with Gasteiger partial charge in [-0.1, -0.05) is 48.9 Å². The molecule has 1 amide bonds. The van der Waals surface area contributed by atoms with Gasteiger partial charge in [0.25, 0.3) is 11.5 Å². The normalized spacial score (nSPS) is 10.5. The molecule has 0 bridgehead atoms. The van der Waals surface area contributed by atoms with Gasteiger partial charge in [-0.3, -0.25) is 9.59 Å². The molecule has 0 aliphatic heterocycles. The molecule has 0 aliphatic rings. The molecule has 3 aromatic rings. The largest absolute Gasteiger partial charge is 0.322 e. The molecular weight excluding hydrogens is 324 g/mol. The van der Waals surface area contributed by atoms with Gasteiger partial charge in [0.05, 0.1) is 12.1 Å². The first kappa shape index (κ1) is 17.7. The van der Waals surface area contributed by atoms with E-state index in [9.17, 15) is 9.59 Å². The summed E-state index contributed by atoms with van der Waals surface area (Å²) in [7, 11) is 0. The van der Waals surface area contributed by atoms with Crippen LogP contribution in [0.15, 0.2) is 71.7 Å². The number of hydrogen-bond donors (Lipinski definition) is 1. The summed E-state index contributed by atoms with van der Waals surface area (Å²) in [6.45, 7) is 4.54. The molecule has 26 heavy (non-hydrogen) atoms. The Morgan fingerprint density at radius 1 is 1.00 bits per heavy atom. The molecule has 4 heteroatoms. The van der Waals surface area contributed by atoms with E-state index in [-0.39, 0.29) is 11.5 Å². The van der Waals surface area contributed by atoms with Gasteiger partial charge in [0.15, 0.2) is 0 Å². The van der Waals surface area contributed by atoms with Crippen LogP contribution in [-0.2, 0) is 13.0 Å². The van der Waals surface area contributed by atoms with Gasteiger partial charge in [-0.2, -0.15) is 0 Å². The Morgan fingerprint density at radius 2 is 1.77 bits per heavy atom. The number of nitrogens with one attached hydrogen (secondary N) is 1. The highest BCUT2D eigenvalue weighted by Crippen LogP contribution is 2.12. The van der Waals surface area contributed by atoms with Crippen molar-refractivity contribution in [2.45, 2.75) is 26.8 Å². The maximum Gasteiger partial charge on any atom is 0.257 e. The van der Waals surface area contributed by atoms with Crippen molar-refractivity contribution in [2.24, 2.45) is 0 Å². The predicted octanol–water partition coefficient (Wildman–Crippen LogP) is 4.02. The lowest BCUT2D eigenvalue weighted by Gasteiger charge is -2.10. The van der Waals surface area contributed by atoms with Crippen LogP contribution >= 0.6 is 0 Å². The molecule has 1 heterocycles. The van der Waals surface area contributed by atoms with Crippen LogP contribution < -0.4 is 10.9 Å². The molecule has 0 saturated heterocycles. The molecule has 1 aromatic heterocycles. The van der Waals surface area contributed by atoms with Crippen molar-refractivity contribution in [1.29, 1.82) is 0 Å². The highest BCUT2D eigenvalue weighted by atomic mass is 16.2. The summed E-state index contributed by atoms with van der Waals surface area (Å²) in [6, 6.07) is 18.7. The first-order valence-corrected chi connectivity index (χ1v) is 8.71. The fraction of sp³-hybridized carbons (Fsp3) is 0.182. The molecule has 0 fully saturated rings. The van der Waals surface area contributed by atoms with Gasteiger partial charge in [-0.15, -0.1) is 0 Å². The zero-order valence-electron chi connectivity index (χ0n) is 15.0. The van der Waals surface area contributed by atoms with E-state index in [1.807, 2.05) is 55.5 Å². The molecule has 0 spiro atoms. The van der Waals surface area contributed by atoms with Gasteiger partial charge in [0, 0.05) is 18.0 Å². The van der Waals surface area contributed by atoms with E-state index in [1.54, 1.807) is 16.8 Å². The second-order valence-electron chi connectivity index (χ2n) is 6.38. The van der Waals surface area contributed by atoms with Gasteiger partial charge in [0.2, 0.25) is 0 Å². The van der Waals surface area contributed by atoms with Crippen molar-refractivity contribution in [3.05, 3.63) is 99.5 Å². The van der Waals surface area contributed by atoms with Crippen LogP contribution in [0.1, 0.15) is 34.0 Å². The van der Waals surface area contributed by atoms with Gasteiger partial charge >= 0.3 is 0 Å². The first-order valence-electron chi connectivity index (χ1n) is 8.71. The summed E-state index contributed by atoms with van der Waals surface area (Å²) in [5.74, 6) is -0.229. The number of aromatic nitrogens is 1. The quantitative estimate of drug-likeness (QED) is 0.758. The number of carbonyl (C=O) groups is 1. The van der Waals surface area contributed by atoms with Crippen molar-refractivity contribution in [3.63, 3.8) is 0 Å². The zero-order chi connectivity index (χ0) is 18.5. The molecule has 0 radical (unpaired) electrons. The summed E-state index contributed by atoms with van der Waals surface area (Å²) in [4.78, 5) is 24.7. The van der Waals surface area contributed by atoms with Crippen LogP contribution in [0.25, 0.3) is 0 Å². The lowest BCUT2D eigenvalue weighted by atomic mass is 10.1. The topological polar surface area (TPSA) is 51.1 Å². The van der Waals surface area contributed by atoms with Crippen LogP contribution in [-0.4, -0.2) is 10.5 Å². The minimum atomic E-state index is -0.229. The van der Waals surface area contributed by atoms with E-state index in [0.29, 0.717) is 12.1 Å². The van der Waals surface area contributed by atoms with Gasteiger partial charge in [-0.05, 0) is 42.7 Å². The molecule has 4 nitrogen and oxygen atoms in total. The number of carbonyl (C=O) groups excluding carboxylic acids is 1. The Balaban J connectivity index is 1.79. The highest BCUT2D eigenvalue weighted by Gasteiger charge is 2.09. The third-order valence-corrected chi connectivity index (χ3v) is 4.30. The maximum atomic E-state index is 12.5. The molecule has 3 rings (SSSR count). The summed E-state index contributed by atoms with van der Waals surface area (Å²) in [5.41, 5.74) is 4.45. The smallest absolute Gasteiger partial charge is 0.257 e. The third kappa shape index (κ3) is 4.28. The highest BCUT2D eigenvalue weighted by molar-refractivity contribution is 6.04. The molecule has 1 N–H and O–H groups in total. The third-order valence-electron chi connectivity index (χ3n) is 4.30. The van der Waals surface area contributed by atoms with Crippen molar-refractivity contribution in [2.75, 3.05) is 5.32 Å². The predicted molar refractivity (Wildman–Crippen MR) is 105 cm³/mol. The summed E-state index contributed by atoms with van der Waals surface area (Å²) >= 11 is 0. The molecule has 0 saturated carbocycles. The maximum absolute atomic E-state index is 12.5. The summed E-state index contributed by atoms with van der Waals surface area (Å²) in [5, 5.41) is 2.87. The zero-order valence-corrected chi connectivity index (χ0v) is 15.0. The van der Waals surface area contributed by atoms with Gasteiger partial charge in [0.1, 0.15) is 0 Å². The average molecular weight is 346 g/mol. The van der Waals surface area contributed by atoms with Crippen molar-refractivity contribution in [3.8, 4) is 0 Å². The lowest BCUT2D eigenvalue weighted by Crippen LogP contribution is -2.22. The number of pyridine rings is 1. The Kier molecular flexibility index (Phi) is 5.32. The fourth-order valence-corrected chi connectivity index (χ4v) is 2.82. The number of aryl methyl sites for hydroxylation is 2. The first-order chi connectivity index (χ1) is 12.5. The number of rotatable bonds is 5. The van der Waals surface area contributed by atoms with E-state index in [0.717, 1.165) is 23.2 Å². The van der Waals surface area contributed by atoms with Crippen LogP contribution in [0.4, 0.5) is 5.69 Å². The number of hydrogen-bond acceptors (Lipinski definition) is 2. The van der Waals surface area contributed by atoms with E-state index in [2.05, 4.69) is 12.2 Å². The minimum Gasteiger partial charge on any atom is -0.322 e.